The van der Waals surface area contributed by atoms with E-state index in [1.165, 1.54) is 23.3 Å². The molecular weight excluding hydrogens is 385 g/mol. The summed E-state index contributed by atoms with van der Waals surface area (Å²) < 4.78 is 15.9. The number of aliphatic hydroxyl groups excluding tert-OH is 1. The van der Waals surface area contributed by atoms with E-state index in [0.29, 0.717) is 28.2 Å². The Morgan fingerprint density at radius 2 is 1.96 bits per heavy atom. The van der Waals surface area contributed by atoms with Crippen LogP contribution in [0, 0.1) is 17.1 Å². The van der Waals surface area contributed by atoms with Crippen LogP contribution in [0.5, 0.6) is 0 Å². The molecule has 28 heavy (non-hydrogen) atoms. The third-order valence-electron chi connectivity index (χ3n) is 3.95. The molecule has 2 N–H and O–H groups in total. The molecule has 4 rings (SSSR count). The van der Waals surface area contributed by atoms with E-state index in [4.69, 9.17) is 16.9 Å². The highest BCUT2D eigenvalue weighted by molar-refractivity contribution is 6.32. The van der Waals surface area contributed by atoms with Gasteiger partial charge in [0.25, 0.3) is 0 Å². The van der Waals surface area contributed by atoms with Gasteiger partial charge >= 0.3 is 0 Å². The molecule has 0 saturated carbocycles. The molecule has 8 nitrogen and oxygen atoms in total. The monoisotopic (exact) mass is 395 g/mol. The molecule has 0 bridgehead atoms. The smallest absolute Gasteiger partial charge is 0.151 e. The first kappa shape index (κ1) is 17.8. The number of nitriles is 1. The minimum absolute atomic E-state index is 0.0393. The molecule has 1 aromatic carbocycles. The first-order valence-corrected chi connectivity index (χ1v) is 8.39. The number of aliphatic hydroxyl groups is 1. The number of hydrogen-bond acceptors (Lipinski definition) is 7. The maximum absolute atomic E-state index is 14.6. The molecular formula is C18H11ClFN7O. The first-order chi connectivity index (χ1) is 13.6. The van der Waals surface area contributed by atoms with Gasteiger partial charge < -0.3 is 10.4 Å². The average Bonchev–Trinajstić information content (AvgIpc) is 3.10. The Morgan fingerprint density at radius 1 is 1.14 bits per heavy atom. The van der Waals surface area contributed by atoms with Gasteiger partial charge in [-0.1, -0.05) is 11.6 Å². The summed E-state index contributed by atoms with van der Waals surface area (Å²) in [5.74, 6) is 0.213. The number of fused-ring (bicyclic) bond motifs is 1. The van der Waals surface area contributed by atoms with E-state index >= 15 is 0 Å². The van der Waals surface area contributed by atoms with E-state index in [1.807, 2.05) is 6.07 Å². The number of nitrogens with zero attached hydrogens (tertiary/aromatic N) is 6. The van der Waals surface area contributed by atoms with Crippen molar-refractivity contribution in [1.29, 1.82) is 5.26 Å². The SMILES string of the molecule is N#Cc1cc(F)c(-n2ncc3cnc(Nc4cc(CO)ncn4)cc32)c(Cl)c1. The van der Waals surface area contributed by atoms with Crippen LogP contribution in [0.15, 0.2) is 43.0 Å². The molecule has 0 aliphatic carbocycles. The fraction of sp³-hybridized carbons (Fsp3) is 0.0556. The zero-order valence-electron chi connectivity index (χ0n) is 14.1. The Balaban J connectivity index is 1.78. The zero-order valence-corrected chi connectivity index (χ0v) is 14.9. The Labute approximate surface area is 162 Å². The van der Waals surface area contributed by atoms with Crippen molar-refractivity contribution in [2.45, 2.75) is 6.61 Å². The van der Waals surface area contributed by atoms with Gasteiger partial charge in [-0.15, -0.1) is 0 Å². The van der Waals surface area contributed by atoms with Crippen LogP contribution in [0.3, 0.4) is 0 Å². The minimum Gasteiger partial charge on any atom is -0.390 e. The van der Waals surface area contributed by atoms with Crippen molar-refractivity contribution in [2.75, 3.05) is 5.32 Å². The van der Waals surface area contributed by atoms with Crippen LogP contribution in [-0.2, 0) is 6.61 Å². The van der Waals surface area contributed by atoms with Crippen LogP contribution in [0.25, 0.3) is 16.6 Å². The summed E-state index contributed by atoms with van der Waals surface area (Å²) in [6.45, 7) is -0.215. The predicted molar refractivity (Wildman–Crippen MR) is 99.8 cm³/mol. The quantitative estimate of drug-likeness (QED) is 0.545. The lowest BCUT2D eigenvalue weighted by Crippen LogP contribution is -2.03. The lowest BCUT2D eigenvalue weighted by Gasteiger charge is -2.09. The number of rotatable bonds is 4. The second kappa shape index (κ2) is 7.19. The number of halogens is 2. The van der Waals surface area contributed by atoms with E-state index in [2.05, 4.69) is 25.4 Å². The van der Waals surface area contributed by atoms with E-state index in [0.717, 1.165) is 6.07 Å². The highest BCUT2D eigenvalue weighted by Gasteiger charge is 2.16. The number of aromatic nitrogens is 5. The second-order valence-electron chi connectivity index (χ2n) is 5.76. The molecule has 0 atom stereocenters. The van der Waals surface area contributed by atoms with Crippen molar-refractivity contribution < 1.29 is 9.50 Å². The predicted octanol–water partition coefficient (Wildman–Crippen LogP) is 3.11. The van der Waals surface area contributed by atoms with Gasteiger partial charge in [-0.3, -0.25) is 0 Å². The fourth-order valence-electron chi connectivity index (χ4n) is 2.68. The van der Waals surface area contributed by atoms with Crippen LogP contribution >= 0.6 is 11.6 Å². The molecule has 3 aromatic heterocycles. The molecule has 10 heteroatoms. The van der Waals surface area contributed by atoms with Gasteiger partial charge in [-0.2, -0.15) is 10.4 Å². The van der Waals surface area contributed by atoms with Gasteiger partial charge in [-0.05, 0) is 12.1 Å². The molecule has 0 radical (unpaired) electrons. The summed E-state index contributed by atoms with van der Waals surface area (Å²) in [6.07, 6.45) is 4.43. The summed E-state index contributed by atoms with van der Waals surface area (Å²) in [7, 11) is 0. The number of anilines is 2. The lowest BCUT2D eigenvalue weighted by molar-refractivity contribution is 0.276. The second-order valence-corrected chi connectivity index (χ2v) is 6.17. The molecule has 0 unspecified atom stereocenters. The van der Waals surface area contributed by atoms with Crippen LogP contribution in [0.4, 0.5) is 16.0 Å². The molecule has 0 aliphatic rings. The molecule has 0 aliphatic heterocycles. The standard InChI is InChI=1S/C18H11ClFN7O/c19-13-1-10(5-21)2-14(20)18(13)27-15-4-17(22-6-11(15)7-25-27)26-16-3-12(8-28)23-9-24-16/h1-4,6-7,9,28H,8H2,(H,22,23,24,26). The van der Waals surface area contributed by atoms with Crippen LogP contribution < -0.4 is 5.32 Å². The third-order valence-corrected chi connectivity index (χ3v) is 4.24. The van der Waals surface area contributed by atoms with Crippen LogP contribution in [0.1, 0.15) is 11.3 Å². The Morgan fingerprint density at radius 3 is 2.71 bits per heavy atom. The van der Waals surface area contributed by atoms with E-state index < -0.39 is 5.82 Å². The summed E-state index contributed by atoms with van der Waals surface area (Å²) in [5, 5.41) is 26.1. The van der Waals surface area contributed by atoms with E-state index in [9.17, 15) is 9.50 Å². The lowest BCUT2D eigenvalue weighted by atomic mass is 10.2. The highest BCUT2D eigenvalue weighted by Crippen LogP contribution is 2.29. The molecule has 0 saturated heterocycles. The van der Waals surface area contributed by atoms with Gasteiger partial charge in [0.05, 0.1) is 40.7 Å². The molecule has 0 spiro atoms. The van der Waals surface area contributed by atoms with Crippen LogP contribution in [-0.4, -0.2) is 29.8 Å². The molecule has 138 valence electrons. The van der Waals surface area contributed by atoms with Gasteiger partial charge in [0, 0.05) is 23.7 Å². The van der Waals surface area contributed by atoms with Crippen molar-refractivity contribution in [3.05, 3.63) is 65.1 Å². The van der Waals surface area contributed by atoms with E-state index in [1.54, 1.807) is 18.3 Å². The molecule has 0 fully saturated rings. The normalized spacial score (nSPS) is 10.8. The van der Waals surface area contributed by atoms with Crippen molar-refractivity contribution >= 4 is 34.1 Å². The number of nitrogens with one attached hydrogen (secondary N) is 1. The molecule has 3 heterocycles. The largest absolute Gasteiger partial charge is 0.390 e. The number of pyridine rings is 1. The Hall–Kier alpha value is -3.61. The van der Waals surface area contributed by atoms with Crippen molar-refractivity contribution in [3.8, 4) is 11.8 Å². The summed E-state index contributed by atoms with van der Waals surface area (Å²) in [4.78, 5) is 12.3. The number of hydrogen-bond donors (Lipinski definition) is 2. The molecule has 4 aromatic rings. The molecule has 0 amide bonds. The average molecular weight is 396 g/mol. The highest BCUT2D eigenvalue weighted by atomic mass is 35.5. The topological polar surface area (TPSA) is 113 Å². The minimum atomic E-state index is -0.663. The van der Waals surface area contributed by atoms with E-state index in [-0.39, 0.29) is 22.9 Å². The van der Waals surface area contributed by atoms with Crippen LogP contribution in [0.2, 0.25) is 5.02 Å². The van der Waals surface area contributed by atoms with Gasteiger partial charge in [0.1, 0.15) is 23.7 Å². The summed E-state index contributed by atoms with van der Waals surface area (Å²) in [6, 6.07) is 7.59. The van der Waals surface area contributed by atoms with Crippen molar-refractivity contribution in [1.82, 2.24) is 24.7 Å². The first-order valence-electron chi connectivity index (χ1n) is 8.01. The maximum atomic E-state index is 14.6. The number of benzene rings is 1. The Bertz CT molecular complexity index is 1210. The van der Waals surface area contributed by atoms with Crippen molar-refractivity contribution in [2.24, 2.45) is 0 Å². The fourth-order valence-corrected chi connectivity index (χ4v) is 2.97. The summed E-state index contributed by atoms with van der Waals surface area (Å²) >= 11 is 6.18. The van der Waals surface area contributed by atoms with Gasteiger partial charge in [0.15, 0.2) is 5.82 Å². The van der Waals surface area contributed by atoms with Gasteiger partial charge in [-0.25, -0.2) is 24.0 Å². The Kier molecular flexibility index (Phi) is 4.57. The maximum Gasteiger partial charge on any atom is 0.151 e. The van der Waals surface area contributed by atoms with Gasteiger partial charge in [0.2, 0.25) is 0 Å². The third kappa shape index (κ3) is 3.22. The van der Waals surface area contributed by atoms with Crippen molar-refractivity contribution in [3.63, 3.8) is 0 Å². The zero-order chi connectivity index (χ0) is 19.7. The summed E-state index contributed by atoms with van der Waals surface area (Å²) in [5.41, 5.74) is 1.17.